The highest BCUT2D eigenvalue weighted by Crippen LogP contribution is 2.31. The number of carbonyl (C=O) groups excluding carboxylic acids is 3. The molecule has 2 aliphatic rings. The van der Waals surface area contributed by atoms with Gasteiger partial charge >= 0.3 is 12.4 Å². The quantitative estimate of drug-likeness (QED) is 0.0288. The Morgan fingerprint density at radius 3 is 1.70 bits per heavy atom. The number of anilines is 6. The number of pyridine rings is 1. The van der Waals surface area contributed by atoms with Crippen LogP contribution in [0.5, 0.6) is 0 Å². The molecule has 0 unspecified atom stereocenters. The van der Waals surface area contributed by atoms with E-state index < -0.39 is 46.9 Å². The van der Waals surface area contributed by atoms with Crippen LogP contribution in [0.15, 0.2) is 109 Å². The van der Waals surface area contributed by atoms with E-state index in [2.05, 4.69) is 51.5 Å². The molecule has 8 rings (SSSR count). The molecule has 6 aromatic rings. The molecule has 0 spiro atoms. The van der Waals surface area contributed by atoms with Crippen LogP contribution in [0, 0.1) is 11.6 Å². The van der Waals surface area contributed by atoms with Crippen LogP contribution >= 0.6 is 0 Å². The van der Waals surface area contributed by atoms with Gasteiger partial charge in [-0.3, -0.25) is 24.8 Å². The van der Waals surface area contributed by atoms with E-state index in [0.717, 1.165) is 36.7 Å². The molecule has 3 aromatic carbocycles. The summed E-state index contributed by atoms with van der Waals surface area (Å²) in [4.78, 5) is 58.0. The maximum absolute atomic E-state index is 14.1. The summed E-state index contributed by atoms with van der Waals surface area (Å²) < 4.78 is 114. The Kier molecular flexibility index (Phi) is 17.9. The van der Waals surface area contributed by atoms with Gasteiger partial charge in [0, 0.05) is 54.9 Å². The van der Waals surface area contributed by atoms with Crippen LogP contribution in [0.4, 0.5) is 70.0 Å². The van der Waals surface area contributed by atoms with Gasteiger partial charge in [-0.05, 0) is 66.7 Å². The number of nitrogens with two attached hydrogens (primary N) is 1. The Bertz CT molecular complexity index is 2760. The lowest BCUT2D eigenvalue weighted by atomic mass is 10.1. The van der Waals surface area contributed by atoms with Crippen LogP contribution in [0.2, 0.25) is 0 Å². The number of carbonyl (C=O) groups is 3. The summed E-state index contributed by atoms with van der Waals surface area (Å²) >= 11 is 0. The molecule has 71 heavy (non-hydrogen) atoms. The van der Waals surface area contributed by atoms with Crippen molar-refractivity contribution in [1.82, 2.24) is 24.9 Å². The van der Waals surface area contributed by atoms with Crippen LogP contribution in [0.1, 0.15) is 47.9 Å². The molecule has 372 valence electrons. The first-order valence-corrected chi connectivity index (χ1v) is 21.0. The van der Waals surface area contributed by atoms with E-state index in [1.54, 1.807) is 9.80 Å². The molecule has 26 heteroatoms. The maximum atomic E-state index is 14.1. The number of nitrogen functional groups attached to an aromatic ring is 1. The second-order valence-corrected chi connectivity index (χ2v) is 14.7. The molecule has 6 N–H and O–H groups in total. The number of hydrogen-bond donors (Lipinski definition) is 5. The second-order valence-electron chi connectivity index (χ2n) is 14.7. The minimum Gasteiger partial charge on any atom is -0.378 e. The second kappa shape index (κ2) is 24.4. The number of alkyl halides is 6. The van der Waals surface area contributed by atoms with Gasteiger partial charge in [-0.2, -0.15) is 41.4 Å². The van der Waals surface area contributed by atoms with Gasteiger partial charge in [0.2, 0.25) is 11.9 Å². The Labute approximate surface area is 398 Å². The SMILES string of the molecule is NNc1ncc(F)c(N2CCOCC2)n1.O=C(Nc1cccc(C(F)(F)F)c1)c1ccc(/C=N/Nc2ncc(F)c(N3CCOCC3)n2)nc1.O=Cc1ccc(C(=O)Nc2ccc(C(F)(F)F)cc2)cc1. The third-order valence-corrected chi connectivity index (χ3v) is 9.84. The number of halogens is 8. The number of hydrazone groups is 1. The largest absolute Gasteiger partial charge is 0.416 e. The van der Waals surface area contributed by atoms with E-state index in [9.17, 15) is 49.5 Å². The van der Waals surface area contributed by atoms with Crippen molar-refractivity contribution in [2.45, 2.75) is 12.4 Å². The molecule has 2 aliphatic heterocycles. The number of aldehydes is 1. The van der Waals surface area contributed by atoms with E-state index >= 15 is 0 Å². The van der Waals surface area contributed by atoms with E-state index in [-0.39, 0.29) is 40.5 Å². The molecule has 0 aliphatic carbocycles. The Hall–Kier alpha value is -8.23. The number of hydrazine groups is 1. The van der Waals surface area contributed by atoms with Crippen molar-refractivity contribution >= 4 is 59.2 Å². The first kappa shape index (κ1) is 52.1. The molecule has 0 radical (unpaired) electrons. The number of nitrogens with zero attached hydrogens (tertiary/aromatic N) is 8. The Balaban J connectivity index is 0.000000193. The van der Waals surface area contributed by atoms with Gasteiger partial charge in [0.25, 0.3) is 11.8 Å². The van der Waals surface area contributed by atoms with Crippen molar-refractivity contribution in [1.29, 1.82) is 0 Å². The minimum atomic E-state index is -4.51. The van der Waals surface area contributed by atoms with E-state index in [1.165, 1.54) is 73.1 Å². The molecule has 5 heterocycles. The fourth-order valence-corrected chi connectivity index (χ4v) is 6.24. The maximum Gasteiger partial charge on any atom is 0.416 e. The number of nitrogens with one attached hydrogen (secondary N) is 4. The molecule has 0 atom stereocenters. The van der Waals surface area contributed by atoms with Crippen molar-refractivity contribution in [3.05, 3.63) is 149 Å². The van der Waals surface area contributed by atoms with Gasteiger partial charge in [0.15, 0.2) is 23.3 Å². The minimum absolute atomic E-state index is 0.00964. The number of amides is 2. The van der Waals surface area contributed by atoms with Crippen molar-refractivity contribution < 1.29 is 59.0 Å². The summed E-state index contributed by atoms with van der Waals surface area (Å²) in [6.45, 7) is 4.37. The molecular formula is C45H41F8N13O5. The van der Waals surface area contributed by atoms with Crippen LogP contribution in [0.25, 0.3) is 0 Å². The highest BCUT2D eigenvalue weighted by molar-refractivity contribution is 6.05. The zero-order valence-corrected chi connectivity index (χ0v) is 36.8. The lowest BCUT2D eigenvalue weighted by Crippen LogP contribution is -2.37. The molecule has 3 aromatic heterocycles. The summed E-state index contributed by atoms with van der Waals surface area (Å²) in [5, 5.41) is 8.85. The third kappa shape index (κ3) is 15.4. The highest BCUT2D eigenvalue weighted by atomic mass is 19.4. The van der Waals surface area contributed by atoms with Gasteiger partial charge in [0.1, 0.15) is 6.29 Å². The summed E-state index contributed by atoms with van der Waals surface area (Å²) in [5.41, 5.74) is 4.76. The van der Waals surface area contributed by atoms with Gasteiger partial charge in [-0.1, -0.05) is 18.2 Å². The number of aromatic nitrogens is 5. The number of benzene rings is 3. The molecule has 0 bridgehead atoms. The number of morpholine rings is 2. The molecule has 2 fully saturated rings. The average molecular weight is 996 g/mol. The van der Waals surface area contributed by atoms with Crippen LogP contribution in [-0.4, -0.2) is 102 Å². The van der Waals surface area contributed by atoms with Crippen molar-refractivity contribution in [2.24, 2.45) is 10.9 Å². The Morgan fingerprint density at radius 2 is 1.17 bits per heavy atom. The third-order valence-electron chi connectivity index (χ3n) is 9.84. The standard InChI is InChI=1S/C22H19F4N7O2.C15H10F3NO2.C8H12FN5O/c23-18-13-28-21(31-19(18)33-6-8-35-9-7-33)32-29-12-17-5-4-14(11-27-17)20(34)30-16-3-1-2-15(10-16)22(24,25)26;16-15(17,18)12-5-7-13(8-6-12)19-14(21)11-3-1-10(9-20)2-4-11;9-6-5-11-8(13-10)12-7(6)14-1-3-15-4-2-14/h1-5,10-13H,6-9H2,(H,30,34)(H,28,31,32);1-9H,(H,19,21);5H,1-4,10H2,(H,11,12,13)/b29-12+;;. The monoisotopic (exact) mass is 995 g/mol. The zero-order chi connectivity index (χ0) is 51.0. The fourth-order valence-electron chi connectivity index (χ4n) is 6.24. The molecule has 2 saturated heterocycles. The lowest BCUT2D eigenvalue weighted by Gasteiger charge is -2.27. The molecular weight excluding hydrogens is 955 g/mol. The number of hydrogen-bond acceptors (Lipinski definition) is 16. The Morgan fingerprint density at radius 1 is 0.634 bits per heavy atom. The molecule has 2 amide bonds. The molecule has 18 nitrogen and oxygen atoms in total. The van der Waals surface area contributed by atoms with E-state index in [0.29, 0.717) is 75.7 Å². The summed E-state index contributed by atoms with van der Waals surface area (Å²) in [7, 11) is 0. The average Bonchev–Trinajstić information content (AvgIpc) is 3.38. The van der Waals surface area contributed by atoms with Crippen LogP contribution in [-0.2, 0) is 21.8 Å². The molecule has 0 saturated carbocycles. The van der Waals surface area contributed by atoms with Gasteiger partial charge < -0.3 is 29.9 Å². The zero-order valence-electron chi connectivity index (χ0n) is 36.8. The lowest BCUT2D eigenvalue weighted by molar-refractivity contribution is -0.138. The van der Waals surface area contributed by atoms with Gasteiger partial charge in [-0.25, -0.2) is 30.0 Å². The van der Waals surface area contributed by atoms with E-state index in [4.69, 9.17) is 15.3 Å². The van der Waals surface area contributed by atoms with E-state index in [1.807, 2.05) is 0 Å². The highest BCUT2D eigenvalue weighted by Gasteiger charge is 2.31. The number of ether oxygens (including phenoxy) is 2. The van der Waals surface area contributed by atoms with Crippen molar-refractivity contribution in [3.63, 3.8) is 0 Å². The topological polar surface area (TPSA) is 227 Å². The first-order valence-electron chi connectivity index (χ1n) is 21.0. The predicted octanol–water partition coefficient (Wildman–Crippen LogP) is 7.07. The van der Waals surface area contributed by atoms with Crippen LogP contribution < -0.4 is 37.1 Å². The first-order chi connectivity index (χ1) is 34.0. The summed E-state index contributed by atoms with van der Waals surface area (Å²) in [6.07, 6.45) is -3.52. The fraction of sp³-hybridized carbons (Fsp3) is 0.222. The predicted molar refractivity (Wildman–Crippen MR) is 244 cm³/mol. The van der Waals surface area contributed by atoms with Crippen LogP contribution in [0.3, 0.4) is 0 Å². The number of rotatable bonds is 11. The smallest absolute Gasteiger partial charge is 0.378 e. The van der Waals surface area contributed by atoms with Crippen molar-refractivity contribution in [3.8, 4) is 0 Å². The normalized spacial score (nSPS) is 13.8. The van der Waals surface area contributed by atoms with Gasteiger partial charge in [-0.15, -0.1) is 0 Å². The summed E-state index contributed by atoms with van der Waals surface area (Å²) in [5.74, 6) is 3.78. The van der Waals surface area contributed by atoms with Gasteiger partial charge in [0.05, 0.1) is 67.4 Å². The summed E-state index contributed by atoms with van der Waals surface area (Å²) in [6, 6.07) is 17.3. The van der Waals surface area contributed by atoms with Crippen molar-refractivity contribution in [2.75, 3.05) is 83.9 Å².